The third-order valence-electron chi connectivity index (χ3n) is 4.87. The van der Waals surface area contributed by atoms with E-state index < -0.39 is 0 Å². The van der Waals surface area contributed by atoms with E-state index in [-0.39, 0.29) is 11.8 Å². The van der Waals surface area contributed by atoms with Crippen molar-refractivity contribution in [3.8, 4) is 0 Å². The van der Waals surface area contributed by atoms with Gasteiger partial charge in [0.15, 0.2) is 0 Å². The normalized spacial score (nSPS) is 20.2. The fraction of sp³-hybridized carbons (Fsp3) is 0.556. The molecular weight excluding hydrogens is 288 g/mol. The molecule has 1 aliphatic rings. The van der Waals surface area contributed by atoms with Crippen LogP contribution in [0.1, 0.15) is 27.2 Å². The molecule has 1 aromatic carbocycles. The first-order valence-electron chi connectivity index (χ1n) is 8.62. The van der Waals surface area contributed by atoms with Crippen LogP contribution < -0.4 is 5.32 Å². The summed E-state index contributed by atoms with van der Waals surface area (Å²) in [5.41, 5.74) is 2.02. The second kappa shape index (κ2) is 6.71. The van der Waals surface area contributed by atoms with Crippen molar-refractivity contribution in [3.63, 3.8) is 0 Å². The molecule has 5 heteroatoms. The van der Waals surface area contributed by atoms with Crippen molar-refractivity contribution in [2.45, 2.75) is 33.7 Å². The van der Waals surface area contributed by atoms with Gasteiger partial charge in [-0.15, -0.1) is 0 Å². The van der Waals surface area contributed by atoms with Crippen LogP contribution in [-0.2, 0) is 11.3 Å². The molecule has 2 aromatic rings. The molecular formula is C18H26N4O. The van der Waals surface area contributed by atoms with E-state index in [9.17, 15) is 4.79 Å². The Labute approximate surface area is 137 Å². The van der Waals surface area contributed by atoms with E-state index in [0.29, 0.717) is 11.9 Å². The molecule has 3 rings (SSSR count). The molecule has 1 N–H and O–H groups in total. The van der Waals surface area contributed by atoms with Gasteiger partial charge in [-0.3, -0.25) is 10.1 Å². The standard InChI is InChI=1S/C18H26N4O/c1-4-21(5-2)10-11-22-16-9-7-6-8-15(16)19-18(22)20-17(23)14-12-13(14)3/h6-9,13-14H,4-5,10-12H2,1-3H3,(H,19,20,23). The lowest BCUT2D eigenvalue weighted by molar-refractivity contribution is -0.117. The lowest BCUT2D eigenvalue weighted by Crippen LogP contribution is -2.28. The zero-order valence-electron chi connectivity index (χ0n) is 14.2. The second-order valence-electron chi connectivity index (χ2n) is 6.41. The number of aromatic nitrogens is 2. The molecule has 0 spiro atoms. The van der Waals surface area contributed by atoms with Gasteiger partial charge in [-0.1, -0.05) is 32.9 Å². The molecule has 1 aromatic heterocycles. The number of imidazole rings is 1. The minimum Gasteiger partial charge on any atom is -0.309 e. The van der Waals surface area contributed by atoms with Gasteiger partial charge in [0.1, 0.15) is 0 Å². The number of carbonyl (C=O) groups is 1. The van der Waals surface area contributed by atoms with E-state index in [2.05, 4.69) is 46.6 Å². The zero-order valence-corrected chi connectivity index (χ0v) is 14.2. The molecule has 0 aliphatic heterocycles. The number of amides is 1. The molecule has 0 saturated heterocycles. The van der Waals surface area contributed by atoms with Gasteiger partial charge < -0.3 is 9.47 Å². The van der Waals surface area contributed by atoms with Gasteiger partial charge in [0, 0.05) is 19.0 Å². The molecule has 23 heavy (non-hydrogen) atoms. The van der Waals surface area contributed by atoms with E-state index in [0.717, 1.165) is 43.6 Å². The lowest BCUT2D eigenvalue weighted by Gasteiger charge is -2.19. The molecule has 124 valence electrons. The van der Waals surface area contributed by atoms with Gasteiger partial charge in [0.25, 0.3) is 0 Å². The Morgan fingerprint density at radius 3 is 2.70 bits per heavy atom. The molecule has 1 saturated carbocycles. The molecule has 0 bridgehead atoms. The Bertz CT molecular complexity index is 689. The maximum Gasteiger partial charge on any atom is 0.230 e. The van der Waals surface area contributed by atoms with Gasteiger partial charge in [0.05, 0.1) is 11.0 Å². The number of carbonyl (C=O) groups excluding carboxylic acids is 1. The van der Waals surface area contributed by atoms with E-state index in [4.69, 9.17) is 0 Å². The summed E-state index contributed by atoms with van der Waals surface area (Å²) in [4.78, 5) is 19.3. The fourth-order valence-corrected chi connectivity index (χ4v) is 3.07. The Kier molecular flexibility index (Phi) is 4.66. The number of hydrogen-bond acceptors (Lipinski definition) is 3. The number of likely N-dealkylation sites (N-methyl/N-ethyl adjacent to an activating group) is 1. The minimum atomic E-state index is 0.108. The number of rotatable bonds is 7. The summed E-state index contributed by atoms with van der Waals surface area (Å²) in [5.74, 6) is 1.45. The number of hydrogen-bond donors (Lipinski definition) is 1. The number of benzene rings is 1. The van der Waals surface area contributed by atoms with E-state index in [1.54, 1.807) is 0 Å². The molecule has 1 fully saturated rings. The van der Waals surface area contributed by atoms with Crippen molar-refractivity contribution in [2.75, 3.05) is 25.0 Å². The van der Waals surface area contributed by atoms with Crippen LogP contribution in [0, 0.1) is 11.8 Å². The maximum atomic E-state index is 12.3. The van der Waals surface area contributed by atoms with Crippen molar-refractivity contribution < 1.29 is 4.79 Å². The topological polar surface area (TPSA) is 50.2 Å². The van der Waals surface area contributed by atoms with Crippen molar-refractivity contribution in [1.82, 2.24) is 14.5 Å². The van der Waals surface area contributed by atoms with Gasteiger partial charge in [0.2, 0.25) is 11.9 Å². The predicted octanol–water partition coefficient (Wildman–Crippen LogP) is 2.97. The monoisotopic (exact) mass is 314 g/mol. The van der Waals surface area contributed by atoms with Crippen LogP contribution in [0.2, 0.25) is 0 Å². The van der Waals surface area contributed by atoms with Crippen molar-refractivity contribution >= 4 is 22.9 Å². The Morgan fingerprint density at radius 1 is 1.35 bits per heavy atom. The van der Waals surface area contributed by atoms with E-state index >= 15 is 0 Å². The van der Waals surface area contributed by atoms with Gasteiger partial charge in [-0.05, 0) is 37.6 Å². The molecule has 0 radical (unpaired) electrons. The molecule has 2 unspecified atom stereocenters. The summed E-state index contributed by atoms with van der Waals surface area (Å²) in [6, 6.07) is 8.07. The Hall–Kier alpha value is -1.88. The number of nitrogens with one attached hydrogen (secondary N) is 1. The Balaban J connectivity index is 1.83. The largest absolute Gasteiger partial charge is 0.309 e. The van der Waals surface area contributed by atoms with Crippen LogP contribution in [0.25, 0.3) is 11.0 Å². The van der Waals surface area contributed by atoms with Crippen LogP contribution in [0.5, 0.6) is 0 Å². The van der Waals surface area contributed by atoms with Crippen molar-refractivity contribution in [3.05, 3.63) is 24.3 Å². The number of anilines is 1. The van der Waals surface area contributed by atoms with Crippen LogP contribution >= 0.6 is 0 Å². The van der Waals surface area contributed by atoms with Gasteiger partial charge >= 0.3 is 0 Å². The van der Waals surface area contributed by atoms with E-state index in [1.807, 2.05) is 18.2 Å². The lowest BCUT2D eigenvalue weighted by atomic mass is 10.3. The van der Waals surface area contributed by atoms with Gasteiger partial charge in [-0.2, -0.15) is 0 Å². The average Bonchev–Trinajstić information content (AvgIpc) is 3.19. The fourth-order valence-electron chi connectivity index (χ4n) is 3.07. The summed E-state index contributed by atoms with van der Waals surface area (Å²) < 4.78 is 2.14. The summed E-state index contributed by atoms with van der Waals surface area (Å²) in [6.45, 7) is 10.3. The average molecular weight is 314 g/mol. The second-order valence-corrected chi connectivity index (χ2v) is 6.41. The summed E-state index contributed by atoms with van der Waals surface area (Å²) in [6.07, 6.45) is 0.992. The number of fused-ring (bicyclic) bond motifs is 1. The van der Waals surface area contributed by atoms with Gasteiger partial charge in [-0.25, -0.2) is 4.98 Å². The predicted molar refractivity (Wildman–Crippen MR) is 93.4 cm³/mol. The highest BCUT2D eigenvalue weighted by Crippen LogP contribution is 2.38. The minimum absolute atomic E-state index is 0.108. The zero-order chi connectivity index (χ0) is 16.4. The molecule has 1 aliphatic carbocycles. The first-order chi connectivity index (χ1) is 11.1. The van der Waals surface area contributed by atoms with Crippen LogP contribution in [0.3, 0.4) is 0 Å². The van der Waals surface area contributed by atoms with Crippen LogP contribution in [0.4, 0.5) is 5.95 Å². The SMILES string of the molecule is CCN(CC)CCn1c(NC(=O)C2CC2C)nc2ccccc21. The highest BCUT2D eigenvalue weighted by molar-refractivity contribution is 5.94. The third kappa shape index (κ3) is 3.39. The van der Waals surface area contributed by atoms with E-state index in [1.165, 1.54) is 0 Å². The molecule has 5 nitrogen and oxygen atoms in total. The summed E-state index contributed by atoms with van der Waals surface area (Å²) in [5, 5.41) is 3.05. The van der Waals surface area contributed by atoms with Crippen molar-refractivity contribution in [2.24, 2.45) is 11.8 Å². The molecule has 1 heterocycles. The maximum absolute atomic E-state index is 12.3. The van der Waals surface area contributed by atoms with Crippen LogP contribution in [0.15, 0.2) is 24.3 Å². The first-order valence-corrected chi connectivity index (χ1v) is 8.62. The quantitative estimate of drug-likeness (QED) is 0.855. The molecule has 2 atom stereocenters. The smallest absolute Gasteiger partial charge is 0.230 e. The van der Waals surface area contributed by atoms with Crippen LogP contribution in [-0.4, -0.2) is 40.0 Å². The Morgan fingerprint density at radius 2 is 2.04 bits per heavy atom. The summed E-state index contributed by atoms with van der Waals surface area (Å²) >= 11 is 0. The number of para-hydroxylation sites is 2. The highest BCUT2D eigenvalue weighted by Gasteiger charge is 2.39. The highest BCUT2D eigenvalue weighted by atomic mass is 16.2. The summed E-state index contributed by atoms with van der Waals surface area (Å²) in [7, 11) is 0. The van der Waals surface area contributed by atoms with Crippen molar-refractivity contribution in [1.29, 1.82) is 0 Å². The first kappa shape index (κ1) is 16.0. The third-order valence-corrected chi connectivity index (χ3v) is 4.87. The number of nitrogens with zero attached hydrogens (tertiary/aromatic N) is 3. The molecule has 1 amide bonds.